The smallest absolute Gasteiger partial charge is 0.146 e. The average Bonchev–Trinajstić information content (AvgIpc) is 2.74. The van der Waals surface area contributed by atoms with Gasteiger partial charge >= 0.3 is 0 Å². The van der Waals surface area contributed by atoms with E-state index in [2.05, 4.69) is 20.8 Å². The molecule has 2 N–H and O–H groups in total. The van der Waals surface area contributed by atoms with Gasteiger partial charge in [-0.25, -0.2) is 0 Å². The molecule has 2 fully saturated rings. The van der Waals surface area contributed by atoms with E-state index in [-0.39, 0.29) is 11.5 Å². The van der Waals surface area contributed by atoms with Crippen LogP contribution in [0.25, 0.3) is 0 Å². The number of rotatable bonds is 3. The molecule has 20 heavy (non-hydrogen) atoms. The summed E-state index contributed by atoms with van der Waals surface area (Å²) in [5, 5.41) is 0. The highest BCUT2D eigenvalue weighted by Gasteiger charge is 2.62. The van der Waals surface area contributed by atoms with Crippen LogP contribution in [0.4, 0.5) is 5.69 Å². The lowest BCUT2D eigenvalue weighted by Gasteiger charge is -2.39. The highest BCUT2D eigenvalue weighted by molar-refractivity contribution is 5.62. The molecule has 110 valence electrons. The number of hydrogen-bond acceptors (Lipinski definition) is 3. The second kappa shape index (κ2) is 4.31. The fourth-order valence-electron chi connectivity index (χ4n) is 4.27. The first kappa shape index (κ1) is 13.6. The number of fused-ring (bicyclic) bond motifs is 2. The van der Waals surface area contributed by atoms with Crippen LogP contribution >= 0.6 is 0 Å². The first-order valence-corrected chi connectivity index (χ1v) is 7.49. The molecule has 1 aromatic carbocycles. The molecule has 3 heteroatoms. The second-order valence-electron chi connectivity index (χ2n) is 7.09. The predicted molar refractivity (Wildman–Crippen MR) is 81.1 cm³/mol. The monoisotopic (exact) mass is 275 g/mol. The predicted octanol–water partition coefficient (Wildman–Crippen LogP) is 3.87. The van der Waals surface area contributed by atoms with Crippen LogP contribution in [-0.4, -0.2) is 13.2 Å². The van der Waals surface area contributed by atoms with Gasteiger partial charge in [-0.15, -0.1) is 0 Å². The van der Waals surface area contributed by atoms with E-state index in [0.717, 1.165) is 18.1 Å². The minimum atomic E-state index is 0.243. The molecule has 2 saturated carbocycles. The summed E-state index contributed by atoms with van der Waals surface area (Å²) in [6.07, 6.45) is 3.97. The summed E-state index contributed by atoms with van der Waals surface area (Å²) in [5.41, 5.74) is 7.34. The van der Waals surface area contributed by atoms with Gasteiger partial charge in [0.1, 0.15) is 23.3 Å². The van der Waals surface area contributed by atoms with Crippen molar-refractivity contribution < 1.29 is 9.47 Å². The Morgan fingerprint density at radius 2 is 1.90 bits per heavy atom. The van der Waals surface area contributed by atoms with Crippen molar-refractivity contribution in [3.8, 4) is 11.5 Å². The zero-order valence-corrected chi connectivity index (χ0v) is 12.9. The minimum Gasteiger partial charge on any atom is -0.494 e. The van der Waals surface area contributed by atoms with Crippen molar-refractivity contribution in [3.63, 3.8) is 0 Å². The number of benzene rings is 1. The van der Waals surface area contributed by atoms with Crippen LogP contribution in [0.1, 0.15) is 40.0 Å². The summed E-state index contributed by atoms with van der Waals surface area (Å²) < 4.78 is 11.6. The van der Waals surface area contributed by atoms with Gasteiger partial charge in [0, 0.05) is 5.41 Å². The minimum absolute atomic E-state index is 0.243. The summed E-state index contributed by atoms with van der Waals surface area (Å²) in [6.45, 7) is 7.16. The normalized spacial score (nSPS) is 34.2. The maximum atomic E-state index is 6.32. The Morgan fingerprint density at radius 1 is 1.20 bits per heavy atom. The van der Waals surface area contributed by atoms with Crippen LogP contribution in [0.3, 0.4) is 0 Å². The SMILES string of the molecule is COc1cccc(OC2CC3CCC2(C)C3(C)C)c1N. The molecular weight excluding hydrogens is 250 g/mol. The van der Waals surface area contributed by atoms with E-state index >= 15 is 0 Å². The van der Waals surface area contributed by atoms with Crippen molar-refractivity contribution in [2.75, 3.05) is 12.8 Å². The Labute approximate surface area is 121 Å². The third-order valence-electron chi connectivity index (χ3n) is 6.23. The number of nitrogens with two attached hydrogens (primary N) is 1. The molecule has 0 aromatic heterocycles. The summed E-state index contributed by atoms with van der Waals surface area (Å²) in [5.74, 6) is 2.22. The highest BCUT2D eigenvalue weighted by Crippen LogP contribution is 2.66. The Hall–Kier alpha value is -1.38. The quantitative estimate of drug-likeness (QED) is 0.852. The third kappa shape index (κ3) is 1.65. The zero-order valence-electron chi connectivity index (χ0n) is 12.9. The number of anilines is 1. The van der Waals surface area contributed by atoms with Gasteiger partial charge in [0.25, 0.3) is 0 Å². The summed E-state index contributed by atoms with van der Waals surface area (Å²) in [6, 6.07) is 5.75. The van der Waals surface area contributed by atoms with Crippen LogP contribution in [-0.2, 0) is 0 Å². The van der Waals surface area contributed by atoms with Crippen molar-refractivity contribution in [2.45, 2.75) is 46.1 Å². The maximum Gasteiger partial charge on any atom is 0.146 e. The Balaban J connectivity index is 1.87. The Kier molecular flexibility index (Phi) is 2.93. The summed E-state index contributed by atoms with van der Waals surface area (Å²) >= 11 is 0. The third-order valence-corrected chi connectivity index (χ3v) is 6.23. The summed E-state index contributed by atoms with van der Waals surface area (Å²) in [7, 11) is 1.64. The lowest BCUT2D eigenvalue weighted by atomic mass is 9.70. The lowest BCUT2D eigenvalue weighted by Crippen LogP contribution is -2.39. The first-order chi connectivity index (χ1) is 9.40. The van der Waals surface area contributed by atoms with Crippen LogP contribution in [0.15, 0.2) is 18.2 Å². The molecule has 1 aromatic rings. The molecule has 3 atom stereocenters. The fourth-order valence-corrected chi connectivity index (χ4v) is 4.27. The first-order valence-electron chi connectivity index (χ1n) is 7.49. The molecule has 0 aliphatic heterocycles. The lowest BCUT2D eigenvalue weighted by molar-refractivity contribution is 0.0305. The van der Waals surface area contributed by atoms with E-state index in [1.165, 1.54) is 12.8 Å². The Bertz CT molecular complexity index is 526. The molecule has 2 bridgehead atoms. The van der Waals surface area contributed by atoms with E-state index in [4.69, 9.17) is 15.2 Å². The number of nitrogen functional groups attached to an aromatic ring is 1. The van der Waals surface area contributed by atoms with Gasteiger partial charge in [0.2, 0.25) is 0 Å². The van der Waals surface area contributed by atoms with Crippen LogP contribution in [0.5, 0.6) is 11.5 Å². The number of para-hydroxylation sites is 1. The van der Waals surface area contributed by atoms with E-state index < -0.39 is 0 Å². The van der Waals surface area contributed by atoms with E-state index in [1.807, 2.05) is 18.2 Å². The number of methoxy groups -OCH3 is 1. The molecule has 0 heterocycles. The topological polar surface area (TPSA) is 44.5 Å². The van der Waals surface area contributed by atoms with Gasteiger partial charge in [0.05, 0.1) is 7.11 Å². The molecule has 0 radical (unpaired) electrons. The van der Waals surface area contributed by atoms with E-state index in [1.54, 1.807) is 7.11 Å². The average molecular weight is 275 g/mol. The number of hydrogen-bond donors (Lipinski definition) is 1. The van der Waals surface area contributed by atoms with Crippen molar-refractivity contribution in [1.29, 1.82) is 0 Å². The van der Waals surface area contributed by atoms with Crippen molar-refractivity contribution in [3.05, 3.63) is 18.2 Å². The molecule has 0 spiro atoms. The fraction of sp³-hybridized carbons (Fsp3) is 0.647. The van der Waals surface area contributed by atoms with E-state index in [9.17, 15) is 0 Å². The van der Waals surface area contributed by atoms with E-state index in [0.29, 0.717) is 16.9 Å². The van der Waals surface area contributed by atoms with Crippen LogP contribution in [0, 0.1) is 16.7 Å². The van der Waals surface area contributed by atoms with Crippen molar-refractivity contribution in [1.82, 2.24) is 0 Å². The standard InChI is InChI=1S/C17H25NO2/c1-16(2)11-8-9-17(16,3)14(10-11)20-13-7-5-6-12(19-4)15(13)18/h5-7,11,14H,8-10,18H2,1-4H3. The Morgan fingerprint density at radius 3 is 2.45 bits per heavy atom. The molecular formula is C17H25NO2. The second-order valence-corrected chi connectivity index (χ2v) is 7.09. The van der Waals surface area contributed by atoms with Crippen molar-refractivity contribution in [2.24, 2.45) is 16.7 Å². The molecule has 0 amide bonds. The van der Waals surface area contributed by atoms with Gasteiger partial charge in [-0.05, 0) is 42.7 Å². The molecule has 2 aliphatic rings. The maximum absolute atomic E-state index is 6.32. The van der Waals surface area contributed by atoms with Gasteiger partial charge in [-0.2, -0.15) is 0 Å². The molecule has 3 unspecified atom stereocenters. The molecule has 3 nitrogen and oxygen atoms in total. The summed E-state index contributed by atoms with van der Waals surface area (Å²) in [4.78, 5) is 0. The highest BCUT2D eigenvalue weighted by atomic mass is 16.5. The molecule has 3 rings (SSSR count). The molecule has 2 aliphatic carbocycles. The van der Waals surface area contributed by atoms with Crippen LogP contribution < -0.4 is 15.2 Å². The van der Waals surface area contributed by atoms with Gasteiger partial charge in [0.15, 0.2) is 0 Å². The van der Waals surface area contributed by atoms with Gasteiger partial charge < -0.3 is 15.2 Å². The molecule has 0 saturated heterocycles. The van der Waals surface area contributed by atoms with Gasteiger partial charge in [-0.3, -0.25) is 0 Å². The number of ether oxygens (including phenoxy) is 2. The largest absolute Gasteiger partial charge is 0.494 e. The van der Waals surface area contributed by atoms with Crippen LogP contribution in [0.2, 0.25) is 0 Å². The van der Waals surface area contributed by atoms with Crippen molar-refractivity contribution >= 4 is 5.69 Å². The van der Waals surface area contributed by atoms with Gasteiger partial charge in [-0.1, -0.05) is 26.8 Å². The zero-order chi connectivity index (χ0) is 14.5.